The molecule has 1 atom stereocenters. The van der Waals surface area contributed by atoms with Crippen molar-refractivity contribution in [2.24, 2.45) is 0 Å². The molecule has 4 N–H and O–H groups in total. The summed E-state index contributed by atoms with van der Waals surface area (Å²) in [5.74, 6) is -3.23. The van der Waals surface area contributed by atoms with Gasteiger partial charge in [-0.2, -0.15) is 0 Å². The fourth-order valence-electron chi connectivity index (χ4n) is 1.61. The van der Waals surface area contributed by atoms with E-state index in [0.29, 0.717) is 5.56 Å². The monoisotopic (exact) mass is 281 g/mol. The van der Waals surface area contributed by atoms with E-state index in [1.807, 2.05) is 0 Å². The van der Waals surface area contributed by atoms with Crippen LogP contribution in [0.2, 0.25) is 0 Å². The van der Waals surface area contributed by atoms with Crippen LogP contribution in [0.5, 0.6) is 5.75 Å². The predicted octanol–water partition coefficient (Wildman–Crippen LogP) is 0.369. The number of carbonyl (C=O) groups excluding carboxylic acids is 1. The summed E-state index contributed by atoms with van der Waals surface area (Å²) in [6.45, 7) is 0. The lowest BCUT2D eigenvalue weighted by atomic mass is 10.1. The minimum absolute atomic E-state index is 0.0407. The average Bonchev–Trinajstić information content (AvgIpc) is 2.36. The van der Waals surface area contributed by atoms with Crippen LogP contribution in [-0.4, -0.2) is 39.2 Å². The standard InChI is InChI=1S/C13H15NO6/c15-10-4-2-1-3-8(10)5-6-11(16)14-9(13(19)20)7-12(17)18/h1-4,9,15H,5-7H2,(H,14,16)(H,17,18)(H,19,20). The molecule has 0 saturated carbocycles. The first-order chi connectivity index (χ1) is 9.40. The molecule has 20 heavy (non-hydrogen) atoms. The first-order valence-electron chi connectivity index (χ1n) is 5.91. The van der Waals surface area contributed by atoms with Crippen LogP contribution in [0.3, 0.4) is 0 Å². The highest BCUT2D eigenvalue weighted by Crippen LogP contribution is 2.17. The normalized spacial score (nSPS) is 11.6. The molecular formula is C13H15NO6. The van der Waals surface area contributed by atoms with Gasteiger partial charge in [-0.25, -0.2) is 4.79 Å². The Balaban J connectivity index is 2.52. The van der Waals surface area contributed by atoms with Crippen LogP contribution < -0.4 is 5.32 Å². The Labute approximate surface area is 114 Å². The summed E-state index contributed by atoms with van der Waals surface area (Å²) in [7, 11) is 0. The predicted molar refractivity (Wildman–Crippen MR) is 68.2 cm³/mol. The van der Waals surface area contributed by atoms with Crippen LogP contribution in [0.1, 0.15) is 18.4 Å². The van der Waals surface area contributed by atoms with Crippen molar-refractivity contribution in [3.63, 3.8) is 0 Å². The molecule has 1 amide bonds. The minimum atomic E-state index is -1.45. The fourth-order valence-corrected chi connectivity index (χ4v) is 1.61. The summed E-state index contributed by atoms with van der Waals surface area (Å²) < 4.78 is 0. The number of nitrogens with one attached hydrogen (secondary N) is 1. The fraction of sp³-hybridized carbons (Fsp3) is 0.308. The van der Waals surface area contributed by atoms with E-state index in [1.165, 1.54) is 6.07 Å². The molecule has 1 aromatic carbocycles. The number of rotatable bonds is 7. The molecule has 7 heteroatoms. The van der Waals surface area contributed by atoms with Gasteiger partial charge < -0.3 is 20.6 Å². The number of hydrogen-bond donors (Lipinski definition) is 4. The molecule has 108 valence electrons. The van der Waals surface area contributed by atoms with Crippen molar-refractivity contribution in [3.05, 3.63) is 29.8 Å². The average molecular weight is 281 g/mol. The molecule has 7 nitrogen and oxygen atoms in total. The third kappa shape index (κ3) is 4.97. The molecule has 0 aliphatic rings. The first-order valence-corrected chi connectivity index (χ1v) is 5.91. The van der Waals surface area contributed by atoms with Crippen LogP contribution in [0, 0.1) is 0 Å². The zero-order valence-electron chi connectivity index (χ0n) is 10.6. The van der Waals surface area contributed by atoms with Crippen molar-refractivity contribution in [2.45, 2.75) is 25.3 Å². The van der Waals surface area contributed by atoms with Gasteiger partial charge in [-0.15, -0.1) is 0 Å². The number of hydrogen-bond acceptors (Lipinski definition) is 4. The van der Waals surface area contributed by atoms with Crippen LogP contribution >= 0.6 is 0 Å². The largest absolute Gasteiger partial charge is 0.508 e. The van der Waals surface area contributed by atoms with Crippen LogP contribution in [0.25, 0.3) is 0 Å². The topological polar surface area (TPSA) is 124 Å². The molecule has 0 aliphatic carbocycles. The van der Waals surface area contributed by atoms with E-state index in [4.69, 9.17) is 10.2 Å². The van der Waals surface area contributed by atoms with Crippen molar-refractivity contribution >= 4 is 17.8 Å². The summed E-state index contributed by atoms with van der Waals surface area (Å²) in [5, 5.41) is 29.0. The number of phenolic OH excluding ortho intramolecular Hbond substituents is 1. The number of carbonyl (C=O) groups is 3. The maximum atomic E-state index is 11.6. The Kier molecular flexibility index (Phi) is 5.52. The maximum absolute atomic E-state index is 11.6. The Bertz CT molecular complexity index is 513. The summed E-state index contributed by atoms with van der Waals surface area (Å²) in [6, 6.07) is 5.03. The zero-order chi connectivity index (χ0) is 15.1. The van der Waals surface area contributed by atoms with Gasteiger partial charge in [0, 0.05) is 6.42 Å². The lowest BCUT2D eigenvalue weighted by molar-refractivity contribution is -0.147. The van der Waals surface area contributed by atoms with Gasteiger partial charge in [-0.05, 0) is 18.1 Å². The summed E-state index contributed by atoms with van der Waals surface area (Å²) in [4.78, 5) is 32.8. The molecule has 0 saturated heterocycles. The van der Waals surface area contributed by atoms with Gasteiger partial charge >= 0.3 is 11.9 Å². The second-order valence-corrected chi connectivity index (χ2v) is 4.18. The molecule has 1 aromatic rings. The number of aryl methyl sites for hydroxylation is 1. The molecular weight excluding hydrogens is 266 g/mol. The summed E-state index contributed by atoms with van der Waals surface area (Å²) in [5.41, 5.74) is 0.563. The van der Waals surface area contributed by atoms with E-state index in [2.05, 4.69) is 5.32 Å². The molecule has 0 radical (unpaired) electrons. The van der Waals surface area contributed by atoms with Crippen molar-refractivity contribution in [3.8, 4) is 5.75 Å². The lowest BCUT2D eigenvalue weighted by Crippen LogP contribution is -2.42. The molecule has 0 fully saturated rings. The van der Waals surface area contributed by atoms with Crippen LogP contribution in [-0.2, 0) is 20.8 Å². The molecule has 1 rings (SSSR count). The van der Waals surface area contributed by atoms with Gasteiger partial charge in [0.15, 0.2) is 0 Å². The first kappa shape index (κ1) is 15.5. The molecule has 0 spiro atoms. The van der Waals surface area contributed by atoms with E-state index >= 15 is 0 Å². The van der Waals surface area contributed by atoms with Gasteiger partial charge in [0.05, 0.1) is 6.42 Å². The molecule has 0 aliphatic heterocycles. The van der Waals surface area contributed by atoms with Gasteiger partial charge in [-0.3, -0.25) is 9.59 Å². The number of amides is 1. The lowest BCUT2D eigenvalue weighted by Gasteiger charge is -2.12. The summed E-state index contributed by atoms with van der Waals surface area (Å²) in [6.07, 6.45) is -0.490. The number of carboxylic acid groups (broad SMARTS) is 2. The third-order valence-corrected chi connectivity index (χ3v) is 2.63. The Morgan fingerprint density at radius 2 is 1.80 bits per heavy atom. The second-order valence-electron chi connectivity index (χ2n) is 4.18. The minimum Gasteiger partial charge on any atom is -0.508 e. The van der Waals surface area contributed by atoms with E-state index in [9.17, 15) is 19.5 Å². The molecule has 0 bridgehead atoms. The van der Waals surface area contributed by atoms with E-state index in [0.717, 1.165) is 0 Å². The summed E-state index contributed by atoms with van der Waals surface area (Å²) >= 11 is 0. The van der Waals surface area contributed by atoms with Crippen molar-refractivity contribution in [2.75, 3.05) is 0 Å². The molecule has 0 aromatic heterocycles. The molecule has 0 heterocycles. The van der Waals surface area contributed by atoms with E-state index in [1.54, 1.807) is 18.2 Å². The highest BCUT2D eigenvalue weighted by molar-refractivity contribution is 5.86. The third-order valence-electron chi connectivity index (χ3n) is 2.63. The second kappa shape index (κ2) is 7.13. The maximum Gasteiger partial charge on any atom is 0.326 e. The Morgan fingerprint density at radius 3 is 2.35 bits per heavy atom. The smallest absolute Gasteiger partial charge is 0.326 e. The number of aromatic hydroxyl groups is 1. The SMILES string of the molecule is O=C(O)CC(NC(=O)CCc1ccccc1O)C(=O)O. The quantitative estimate of drug-likeness (QED) is 0.572. The number of benzene rings is 1. The number of aliphatic carboxylic acids is 2. The Hall–Kier alpha value is -2.57. The van der Waals surface area contributed by atoms with Crippen LogP contribution in [0.4, 0.5) is 0 Å². The highest BCUT2D eigenvalue weighted by Gasteiger charge is 2.22. The van der Waals surface area contributed by atoms with Crippen LogP contribution in [0.15, 0.2) is 24.3 Å². The number of carboxylic acids is 2. The molecule has 1 unspecified atom stereocenters. The van der Waals surface area contributed by atoms with Gasteiger partial charge in [0.2, 0.25) is 5.91 Å². The van der Waals surface area contributed by atoms with Crippen molar-refractivity contribution < 1.29 is 29.7 Å². The Morgan fingerprint density at radius 1 is 1.15 bits per heavy atom. The van der Waals surface area contributed by atoms with Gasteiger partial charge in [0.1, 0.15) is 11.8 Å². The van der Waals surface area contributed by atoms with Crippen molar-refractivity contribution in [1.82, 2.24) is 5.32 Å². The highest BCUT2D eigenvalue weighted by atomic mass is 16.4. The number of phenols is 1. The van der Waals surface area contributed by atoms with E-state index in [-0.39, 0.29) is 18.6 Å². The van der Waals surface area contributed by atoms with Gasteiger partial charge in [-0.1, -0.05) is 18.2 Å². The van der Waals surface area contributed by atoms with E-state index < -0.39 is 30.3 Å². The van der Waals surface area contributed by atoms with Gasteiger partial charge in [0.25, 0.3) is 0 Å². The number of para-hydroxylation sites is 1. The zero-order valence-corrected chi connectivity index (χ0v) is 10.6. The van der Waals surface area contributed by atoms with Crippen molar-refractivity contribution in [1.29, 1.82) is 0 Å².